The Labute approximate surface area is 136 Å². The van der Waals surface area contributed by atoms with Crippen molar-refractivity contribution in [1.82, 2.24) is 10.9 Å². The minimum absolute atomic E-state index is 0.0270. The molecule has 0 saturated carbocycles. The van der Waals surface area contributed by atoms with Crippen molar-refractivity contribution in [3.05, 3.63) is 28.2 Å². The molecule has 0 saturated heterocycles. The first-order valence-electron chi connectivity index (χ1n) is 6.57. The van der Waals surface area contributed by atoms with E-state index in [-0.39, 0.29) is 25.9 Å². The highest BCUT2D eigenvalue weighted by molar-refractivity contribution is 9.10. The summed E-state index contributed by atoms with van der Waals surface area (Å²) >= 11 is 3.33. The Hall–Kier alpha value is -2.09. The van der Waals surface area contributed by atoms with Crippen molar-refractivity contribution in [3.63, 3.8) is 0 Å². The van der Waals surface area contributed by atoms with Gasteiger partial charge in [-0.2, -0.15) is 0 Å². The molecule has 0 fully saturated rings. The summed E-state index contributed by atoms with van der Waals surface area (Å²) < 4.78 is 6.25. The predicted molar refractivity (Wildman–Crippen MR) is 82.1 cm³/mol. The van der Waals surface area contributed by atoms with Gasteiger partial charge in [0.2, 0.25) is 5.91 Å². The minimum Gasteiger partial charge on any atom is -0.483 e. The number of carbonyl (C=O) groups is 3. The molecule has 0 aromatic heterocycles. The van der Waals surface area contributed by atoms with Crippen molar-refractivity contribution in [2.24, 2.45) is 0 Å². The van der Waals surface area contributed by atoms with Gasteiger partial charge < -0.3 is 9.84 Å². The second-order valence-corrected chi connectivity index (χ2v) is 5.46. The highest BCUT2D eigenvalue weighted by Crippen LogP contribution is 2.21. The number of nitrogens with one attached hydrogen (secondary N) is 2. The van der Waals surface area contributed by atoms with Crippen LogP contribution in [0.4, 0.5) is 0 Å². The molecule has 0 aliphatic heterocycles. The zero-order chi connectivity index (χ0) is 16.5. The number of aliphatic carboxylic acids is 1. The number of carboxylic acids is 1. The molecule has 0 aliphatic carbocycles. The van der Waals surface area contributed by atoms with Crippen LogP contribution in [0, 0.1) is 6.92 Å². The van der Waals surface area contributed by atoms with Crippen LogP contribution in [-0.4, -0.2) is 29.5 Å². The van der Waals surface area contributed by atoms with Crippen molar-refractivity contribution < 1.29 is 24.2 Å². The smallest absolute Gasteiger partial charge is 0.303 e. The van der Waals surface area contributed by atoms with Crippen molar-refractivity contribution >= 4 is 33.7 Å². The van der Waals surface area contributed by atoms with Crippen LogP contribution in [0.15, 0.2) is 22.7 Å². The largest absolute Gasteiger partial charge is 0.483 e. The van der Waals surface area contributed by atoms with Crippen LogP contribution in [-0.2, 0) is 14.4 Å². The number of hydrogen-bond donors (Lipinski definition) is 3. The van der Waals surface area contributed by atoms with Gasteiger partial charge in [0.05, 0.1) is 0 Å². The Kier molecular flexibility index (Phi) is 7.38. The predicted octanol–water partition coefficient (Wildman–Crippen LogP) is 1.54. The molecule has 0 unspecified atom stereocenters. The average Bonchev–Trinajstić information content (AvgIpc) is 2.43. The van der Waals surface area contributed by atoms with E-state index in [1.807, 2.05) is 13.0 Å². The number of aryl methyl sites for hydroxylation is 1. The summed E-state index contributed by atoms with van der Waals surface area (Å²) in [5, 5.41) is 8.44. The molecule has 0 spiro atoms. The molecule has 1 aromatic carbocycles. The van der Waals surface area contributed by atoms with E-state index in [0.717, 1.165) is 10.0 Å². The lowest BCUT2D eigenvalue weighted by molar-refractivity contribution is -0.137. The number of benzene rings is 1. The van der Waals surface area contributed by atoms with Crippen molar-refractivity contribution in [1.29, 1.82) is 0 Å². The Morgan fingerprint density at radius 2 is 1.86 bits per heavy atom. The lowest BCUT2D eigenvalue weighted by Gasteiger charge is -2.10. The van der Waals surface area contributed by atoms with E-state index in [0.29, 0.717) is 5.75 Å². The van der Waals surface area contributed by atoms with Crippen LogP contribution < -0.4 is 15.6 Å². The van der Waals surface area contributed by atoms with Gasteiger partial charge in [-0.1, -0.05) is 15.9 Å². The molecular formula is C14H17BrN2O5. The first-order valence-corrected chi connectivity index (χ1v) is 7.36. The van der Waals surface area contributed by atoms with E-state index in [1.54, 1.807) is 12.1 Å². The van der Waals surface area contributed by atoms with Gasteiger partial charge in [-0.25, -0.2) is 0 Å². The van der Waals surface area contributed by atoms with Crippen LogP contribution in [0.1, 0.15) is 24.8 Å². The number of rotatable bonds is 7. The second-order valence-electron chi connectivity index (χ2n) is 4.54. The molecule has 0 radical (unpaired) electrons. The Morgan fingerprint density at radius 3 is 2.50 bits per heavy atom. The van der Waals surface area contributed by atoms with Crippen LogP contribution in [0.2, 0.25) is 0 Å². The summed E-state index contributed by atoms with van der Waals surface area (Å²) in [4.78, 5) is 33.2. The van der Waals surface area contributed by atoms with E-state index in [1.165, 1.54) is 0 Å². The summed E-state index contributed by atoms with van der Waals surface area (Å²) in [5.41, 5.74) is 5.27. The van der Waals surface area contributed by atoms with Crippen molar-refractivity contribution in [3.8, 4) is 5.75 Å². The average molecular weight is 373 g/mol. The molecule has 0 heterocycles. The lowest BCUT2D eigenvalue weighted by Crippen LogP contribution is -2.43. The van der Waals surface area contributed by atoms with Crippen LogP contribution in [0.25, 0.3) is 0 Å². The van der Waals surface area contributed by atoms with E-state index < -0.39 is 17.8 Å². The summed E-state index contributed by atoms with van der Waals surface area (Å²) in [6, 6.07) is 5.39. The fraction of sp³-hybridized carbons (Fsp3) is 0.357. The third-order valence-corrected chi connectivity index (χ3v) is 3.12. The fourth-order valence-electron chi connectivity index (χ4n) is 1.56. The molecule has 1 aromatic rings. The van der Waals surface area contributed by atoms with Gasteiger partial charge in [-0.15, -0.1) is 0 Å². The van der Waals surface area contributed by atoms with Gasteiger partial charge in [-0.3, -0.25) is 25.2 Å². The summed E-state index contributed by atoms with van der Waals surface area (Å²) in [5.74, 6) is -1.34. The Balaban J connectivity index is 2.26. The normalized spacial score (nSPS) is 9.91. The molecule has 0 aliphatic rings. The zero-order valence-electron chi connectivity index (χ0n) is 12.0. The monoisotopic (exact) mass is 372 g/mol. The maximum atomic E-state index is 11.5. The highest BCUT2D eigenvalue weighted by atomic mass is 79.9. The number of carboxylic acid groups (broad SMARTS) is 1. The van der Waals surface area contributed by atoms with E-state index in [4.69, 9.17) is 9.84 Å². The molecule has 7 nitrogen and oxygen atoms in total. The molecule has 3 N–H and O–H groups in total. The summed E-state index contributed by atoms with van der Waals surface area (Å²) in [7, 11) is 0. The quantitative estimate of drug-likeness (QED) is 0.629. The number of amides is 2. The van der Waals surface area contributed by atoms with Crippen molar-refractivity contribution in [2.75, 3.05) is 6.61 Å². The van der Waals surface area contributed by atoms with Gasteiger partial charge in [0.15, 0.2) is 6.61 Å². The zero-order valence-corrected chi connectivity index (χ0v) is 13.6. The fourth-order valence-corrected chi connectivity index (χ4v) is 2.03. The molecular weight excluding hydrogens is 356 g/mol. The highest BCUT2D eigenvalue weighted by Gasteiger charge is 2.08. The number of hydrazine groups is 1. The van der Waals surface area contributed by atoms with E-state index >= 15 is 0 Å². The molecule has 1 rings (SSSR count). The van der Waals surface area contributed by atoms with Gasteiger partial charge >= 0.3 is 5.97 Å². The van der Waals surface area contributed by atoms with Crippen molar-refractivity contribution in [2.45, 2.75) is 26.2 Å². The minimum atomic E-state index is -0.963. The van der Waals surface area contributed by atoms with Crippen LogP contribution in [0.3, 0.4) is 0 Å². The second kappa shape index (κ2) is 9.04. The standard InChI is InChI=1S/C14H17BrN2O5/c1-9-7-10(15)5-6-11(9)22-8-13(19)17-16-12(18)3-2-4-14(20)21/h5-7H,2-4,8H2,1H3,(H,16,18)(H,17,19)(H,20,21). The molecule has 2 amide bonds. The third-order valence-electron chi connectivity index (χ3n) is 2.63. The summed E-state index contributed by atoms with van der Waals surface area (Å²) in [6.45, 7) is 1.61. The van der Waals surface area contributed by atoms with Crippen LogP contribution in [0.5, 0.6) is 5.75 Å². The first-order chi connectivity index (χ1) is 10.4. The van der Waals surface area contributed by atoms with E-state index in [9.17, 15) is 14.4 Å². The Bertz CT molecular complexity index is 562. The lowest BCUT2D eigenvalue weighted by atomic mass is 10.2. The number of carbonyl (C=O) groups excluding carboxylic acids is 2. The third kappa shape index (κ3) is 7.07. The first kappa shape index (κ1) is 18.0. The van der Waals surface area contributed by atoms with Gasteiger partial charge in [-0.05, 0) is 37.1 Å². The number of hydrogen-bond acceptors (Lipinski definition) is 4. The van der Waals surface area contributed by atoms with E-state index in [2.05, 4.69) is 26.8 Å². The molecule has 22 heavy (non-hydrogen) atoms. The molecule has 0 bridgehead atoms. The molecule has 8 heteroatoms. The maximum absolute atomic E-state index is 11.5. The summed E-state index contributed by atoms with van der Waals surface area (Å²) in [6.07, 6.45) is 0.151. The number of ether oxygens (including phenoxy) is 1. The SMILES string of the molecule is Cc1cc(Br)ccc1OCC(=O)NNC(=O)CCCC(=O)O. The topological polar surface area (TPSA) is 105 Å². The maximum Gasteiger partial charge on any atom is 0.303 e. The number of halogens is 1. The van der Waals surface area contributed by atoms with Crippen LogP contribution >= 0.6 is 15.9 Å². The molecule has 120 valence electrons. The van der Waals surface area contributed by atoms with Gasteiger partial charge in [0.1, 0.15) is 5.75 Å². The molecule has 0 atom stereocenters. The Morgan fingerprint density at radius 1 is 1.18 bits per heavy atom. The van der Waals surface area contributed by atoms with Gasteiger partial charge in [0, 0.05) is 17.3 Å². The van der Waals surface area contributed by atoms with Gasteiger partial charge in [0.25, 0.3) is 5.91 Å².